The standard InChI is InChI=1S/C22H25FN2O4/c1-14(15-5-7-17(23)8-6-15)24(2)22(27)16-11-21(26)25(13-16)18-9-10-19(28-3)20(12-18)29-4/h5-10,12,14,16H,11,13H2,1-4H3. The summed E-state index contributed by atoms with van der Waals surface area (Å²) in [7, 11) is 4.79. The van der Waals surface area contributed by atoms with Crippen molar-refractivity contribution in [1.29, 1.82) is 0 Å². The highest BCUT2D eigenvalue weighted by atomic mass is 19.1. The van der Waals surface area contributed by atoms with Crippen molar-refractivity contribution in [2.45, 2.75) is 19.4 Å². The van der Waals surface area contributed by atoms with Gasteiger partial charge in [0.15, 0.2) is 11.5 Å². The van der Waals surface area contributed by atoms with Gasteiger partial charge in [-0.2, -0.15) is 0 Å². The van der Waals surface area contributed by atoms with E-state index in [4.69, 9.17) is 9.47 Å². The Morgan fingerprint density at radius 2 is 1.79 bits per heavy atom. The number of nitrogens with zero attached hydrogens (tertiary/aromatic N) is 2. The molecule has 6 nitrogen and oxygen atoms in total. The zero-order valence-corrected chi connectivity index (χ0v) is 17.0. The summed E-state index contributed by atoms with van der Waals surface area (Å²) in [5.74, 6) is 0.111. The molecule has 0 aromatic heterocycles. The molecule has 0 spiro atoms. The highest BCUT2D eigenvalue weighted by Crippen LogP contribution is 2.35. The molecule has 0 radical (unpaired) electrons. The Hall–Kier alpha value is -3.09. The van der Waals surface area contributed by atoms with E-state index in [9.17, 15) is 14.0 Å². The largest absolute Gasteiger partial charge is 0.493 e. The topological polar surface area (TPSA) is 59.1 Å². The van der Waals surface area contributed by atoms with Gasteiger partial charge in [-0.3, -0.25) is 9.59 Å². The summed E-state index contributed by atoms with van der Waals surface area (Å²) in [6.07, 6.45) is 0.146. The van der Waals surface area contributed by atoms with Crippen LogP contribution in [0.25, 0.3) is 0 Å². The number of rotatable bonds is 6. The maximum atomic E-state index is 13.2. The second kappa shape index (κ2) is 8.51. The summed E-state index contributed by atoms with van der Waals surface area (Å²) in [4.78, 5) is 28.8. The molecule has 29 heavy (non-hydrogen) atoms. The Morgan fingerprint density at radius 1 is 1.14 bits per heavy atom. The van der Waals surface area contributed by atoms with Crippen LogP contribution in [0.2, 0.25) is 0 Å². The first-order chi connectivity index (χ1) is 13.8. The molecule has 2 atom stereocenters. The van der Waals surface area contributed by atoms with Crippen molar-refractivity contribution < 1.29 is 23.5 Å². The zero-order chi connectivity index (χ0) is 21.1. The molecule has 3 rings (SSSR count). The van der Waals surface area contributed by atoms with Gasteiger partial charge in [-0.15, -0.1) is 0 Å². The van der Waals surface area contributed by atoms with Crippen molar-refractivity contribution in [3.05, 3.63) is 53.8 Å². The number of amides is 2. The molecule has 2 aromatic carbocycles. The highest BCUT2D eigenvalue weighted by molar-refractivity contribution is 6.00. The first kappa shape index (κ1) is 20.6. The predicted octanol–water partition coefficient (Wildman–Crippen LogP) is 3.42. The first-order valence-corrected chi connectivity index (χ1v) is 9.40. The molecule has 2 unspecified atom stereocenters. The molecule has 0 aliphatic carbocycles. The van der Waals surface area contributed by atoms with Crippen LogP contribution < -0.4 is 14.4 Å². The number of anilines is 1. The maximum Gasteiger partial charge on any atom is 0.228 e. The van der Waals surface area contributed by atoms with Gasteiger partial charge in [0.05, 0.1) is 26.2 Å². The van der Waals surface area contributed by atoms with E-state index in [0.717, 1.165) is 5.56 Å². The van der Waals surface area contributed by atoms with Crippen LogP contribution in [0.3, 0.4) is 0 Å². The van der Waals surface area contributed by atoms with Crippen molar-refractivity contribution in [2.75, 3.05) is 32.7 Å². The van der Waals surface area contributed by atoms with E-state index in [1.165, 1.54) is 19.2 Å². The fraction of sp³-hybridized carbons (Fsp3) is 0.364. The lowest BCUT2D eigenvalue weighted by atomic mass is 10.0. The van der Waals surface area contributed by atoms with Crippen LogP contribution in [0, 0.1) is 11.7 Å². The van der Waals surface area contributed by atoms with E-state index in [1.54, 1.807) is 54.3 Å². The Labute approximate surface area is 169 Å². The average Bonchev–Trinajstić information content (AvgIpc) is 3.13. The molecular weight excluding hydrogens is 375 g/mol. The Balaban J connectivity index is 1.73. The quantitative estimate of drug-likeness (QED) is 0.746. The van der Waals surface area contributed by atoms with Gasteiger partial charge in [0.25, 0.3) is 0 Å². The summed E-state index contributed by atoms with van der Waals surface area (Å²) in [6, 6.07) is 11.1. The molecule has 0 N–H and O–H groups in total. The second-order valence-corrected chi connectivity index (χ2v) is 7.12. The summed E-state index contributed by atoms with van der Waals surface area (Å²) in [6.45, 7) is 2.18. The number of methoxy groups -OCH3 is 2. The van der Waals surface area contributed by atoms with Crippen LogP contribution in [-0.2, 0) is 9.59 Å². The van der Waals surface area contributed by atoms with Gasteiger partial charge in [-0.25, -0.2) is 4.39 Å². The van der Waals surface area contributed by atoms with Gasteiger partial charge in [0.2, 0.25) is 11.8 Å². The normalized spacial score (nSPS) is 17.2. The molecule has 0 saturated carbocycles. The van der Waals surface area contributed by atoms with Crippen molar-refractivity contribution >= 4 is 17.5 Å². The molecule has 2 amide bonds. The minimum atomic E-state index is -0.441. The average molecular weight is 400 g/mol. The van der Waals surface area contributed by atoms with E-state index >= 15 is 0 Å². The fourth-order valence-corrected chi connectivity index (χ4v) is 3.56. The van der Waals surface area contributed by atoms with Crippen LogP contribution in [-0.4, -0.2) is 44.5 Å². The highest BCUT2D eigenvalue weighted by Gasteiger charge is 2.37. The van der Waals surface area contributed by atoms with Gasteiger partial charge in [0.1, 0.15) is 5.82 Å². The summed E-state index contributed by atoms with van der Waals surface area (Å²) < 4.78 is 23.7. The van der Waals surface area contributed by atoms with Gasteiger partial charge in [-0.05, 0) is 36.8 Å². The van der Waals surface area contributed by atoms with E-state index in [-0.39, 0.29) is 30.1 Å². The number of hydrogen-bond donors (Lipinski definition) is 0. The minimum absolute atomic E-state index is 0.113. The van der Waals surface area contributed by atoms with Crippen LogP contribution in [0.4, 0.5) is 10.1 Å². The number of halogens is 1. The summed E-state index contributed by atoms with van der Waals surface area (Å²) in [5, 5.41) is 0. The smallest absolute Gasteiger partial charge is 0.228 e. The molecule has 7 heteroatoms. The lowest BCUT2D eigenvalue weighted by Gasteiger charge is -2.28. The third-order valence-corrected chi connectivity index (χ3v) is 5.43. The molecule has 1 heterocycles. The monoisotopic (exact) mass is 400 g/mol. The van der Waals surface area contributed by atoms with Gasteiger partial charge in [-0.1, -0.05) is 12.1 Å². The molecule has 0 bridgehead atoms. The van der Waals surface area contributed by atoms with E-state index in [1.807, 2.05) is 6.92 Å². The minimum Gasteiger partial charge on any atom is -0.493 e. The zero-order valence-electron chi connectivity index (χ0n) is 17.0. The van der Waals surface area contributed by atoms with Gasteiger partial charge in [0, 0.05) is 31.8 Å². The maximum absolute atomic E-state index is 13.2. The number of carbonyl (C=O) groups is 2. The number of ether oxygens (including phenoxy) is 2. The second-order valence-electron chi connectivity index (χ2n) is 7.12. The Kier molecular flexibility index (Phi) is 6.06. The first-order valence-electron chi connectivity index (χ1n) is 9.40. The number of carbonyl (C=O) groups excluding carboxylic acids is 2. The van der Waals surface area contributed by atoms with Crippen LogP contribution in [0.1, 0.15) is 24.9 Å². The van der Waals surface area contributed by atoms with E-state index in [0.29, 0.717) is 23.7 Å². The third-order valence-electron chi connectivity index (χ3n) is 5.43. The van der Waals surface area contributed by atoms with E-state index < -0.39 is 5.92 Å². The molecule has 1 aliphatic rings. The third kappa shape index (κ3) is 4.18. The molecule has 1 aliphatic heterocycles. The van der Waals surface area contributed by atoms with E-state index in [2.05, 4.69) is 0 Å². The van der Waals surface area contributed by atoms with Crippen LogP contribution in [0.5, 0.6) is 11.5 Å². The van der Waals surface area contributed by atoms with Crippen LogP contribution >= 0.6 is 0 Å². The van der Waals surface area contributed by atoms with Crippen molar-refractivity contribution in [3.63, 3.8) is 0 Å². The lowest BCUT2D eigenvalue weighted by Crippen LogP contribution is -2.36. The lowest BCUT2D eigenvalue weighted by molar-refractivity contribution is -0.136. The fourth-order valence-electron chi connectivity index (χ4n) is 3.56. The van der Waals surface area contributed by atoms with Crippen molar-refractivity contribution in [2.24, 2.45) is 5.92 Å². The Morgan fingerprint density at radius 3 is 2.41 bits per heavy atom. The van der Waals surface area contributed by atoms with Crippen molar-refractivity contribution in [3.8, 4) is 11.5 Å². The molecule has 154 valence electrons. The molecule has 1 saturated heterocycles. The molecule has 1 fully saturated rings. The SMILES string of the molecule is COc1ccc(N2CC(C(=O)N(C)C(C)c3ccc(F)cc3)CC2=O)cc1OC. The van der Waals surface area contributed by atoms with Gasteiger partial charge < -0.3 is 19.3 Å². The van der Waals surface area contributed by atoms with Crippen molar-refractivity contribution in [1.82, 2.24) is 4.90 Å². The predicted molar refractivity (Wildman–Crippen MR) is 108 cm³/mol. The summed E-state index contributed by atoms with van der Waals surface area (Å²) in [5.41, 5.74) is 1.50. The molecule has 2 aromatic rings. The number of hydrogen-bond acceptors (Lipinski definition) is 4. The Bertz CT molecular complexity index is 900. The number of benzene rings is 2. The summed E-state index contributed by atoms with van der Waals surface area (Å²) >= 11 is 0. The van der Waals surface area contributed by atoms with Gasteiger partial charge >= 0.3 is 0 Å². The van der Waals surface area contributed by atoms with Crippen LogP contribution in [0.15, 0.2) is 42.5 Å². The molecular formula is C22H25FN2O4.